The average Bonchev–Trinajstić information content (AvgIpc) is 2.99. The summed E-state index contributed by atoms with van der Waals surface area (Å²) >= 11 is 0. The van der Waals surface area contributed by atoms with Crippen molar-refractivity contribution in [3.05, 3.63) is 77.0 Å². The van der Waals surface area contributed by atoms with Crippen LogP contribution in [0.3, 0.4) is 0 Å². The quantitative estimate of drug-likeness (QED) is 0.527. The SMILES string of the molecule is COc1ccc(CCNC(=O)/C(C#N)=C/C=C2\N(C)c3ccccc3C2(C)C)cc1OC. The van der Waals surface area contributed by atoms with Crippen LogP contribution in [0.15, 0.2) is 65.9 Å². The molecule has 6 nitrogen and oxygen atoms in total. The molecule has 0 spiro atoms. The standard InChI is InChI=1S/C26H29N3O3/c1-26(2)20-8-6-7-9-21(20)29(3)24(26)13-11-19(17-27)25(30)28-15-14-18-10-12-22(31-4)23(16-18)32-5/h6-13,16H,14-15H2,1-5H3,(H,28,30)/b19-11+,24-13-. The number of nitrogens with zero attached hydrogens (tertiary/aromatic N) is 2. The van der Waals surface area contributed by atoms with Gasteiger partial charge in [0.1, 0.15) is 11.6 Å². The fourth-order valence-corrected chi connectivity index (χ4v) is 4.08. The lowest BCUT2D eigenvalue weighted by molar-refractivity contribution is -0.117. The molecular formula is C26H29N3O3. The number of fused-ring (bicyclic) bond motifs is 1. The lowest BCUT2D eigenvalue weighted by Crippen LogP contribution is -2.27. The number of allylic oxidation sites excluding steroid dienone is 3. The molecule has 0 saturated heterocycles. The van der Waals surface area contributed by atoms with Crippen molar-refractivity contribution in [3.8, 4) is 17.6 Å². The van der Waals surface area contributed by atoms with E-state index in [9.17, 15) is 10.1 Å². The highest BCUT2D eigenvalue weighted by Crippen LogP contribution is 2.46. The lowest BCUT2D eigenvalue weighted by Gasteiger charge is -2.23. The van der Waals surface area contributed by atoms with Crippen LogP contribution in [0.25, 0.3) is 0 Å². The van der Waals surface area contributed by atoms with E-state index in [1.165, 1.54) is 5.56 Å². The molecule has 0 aromatic heterocycles. The minimum atomic E-state index is -0.388. The first kappa shape index (κ1) is 23.0. The van der Waals surface area contributed by atoms with Crippen LogP contribution in [0.4, 0.5) is 5.69 Å². The molecule has 0 unspecified atom stereocenters. The van der Waals surface area contributed by atoms with E-state index >= 15 is 0 Å². The first-order valence-electron chi connectivity index (χ1n) is 10.5. The predicted molar refractivity (Wildman–Crippen MR) is 126 cm³/mol. The van der Waals surface area contributed by atoms with Crippen LogP contribution in [0.5, 0.6) is 11.5 Å². The molecule has 0 fully saturated rings. The van der Waals surface area contributed by atoms with Gasteiger partial charge in [0.2, 0.25) is 0 Å². The molecule has 1 N–H and O–H groups in total. The first-order chi connectivity index (χ1) is 15.3. The molecule has 6 heteroatoms. The molecule has 32 heavy (non-hydrogen) atoms. The number of rotatable bonds is 7. The predicted octanol–water partition coefficient (Wildman–Crippen LogP) is 4.12. The van der Waals surface area contributed by atoms with Gasteiger partial charge in [0.05, 0.1) is 14.2 Å². The van der Waals surface area contributed by atoms with Gasteiger partial charge < -0.3 is 19.7 Å². The number of carbonyl (C=O) groups is 1. The van der Waals surface area contributed by atoms with Crippen LogP contribution in [0.1, 0.15) is 25.0 Å². The fourth-order valence-electron chi connectivity index (χ4n) is 4.08. The molecule has 0 bridgehead atoms. The Hall–Kier alpha value is -3.72. The number of ether oxygens (including phenoxy) is 2. The summed E-state index contributed by atoms with van der Waals surface area (Å²) in [6, 6.07) is 15.9. The number of carbonyl (C=O) groups excluding carboxylic acids is 1. The number of benzene rings is 2. The molecule has 0 atom stereocenters. The third-order valence-electron chi connectivity index (χ3n) is 5.86. The summed E-state index contributed by atoms with van der Waals surface area (Å²) in [6.45, 7) is 4.69. The monoisotopic (exact) mass is 431 g/mol. The highest BCUT2D eigenvalue weighted by atomic mass is 16.5. The van der Waals surface area contributed by atoms with Crippen LogP contribution >= 0.6 is 0 Å². The number of anilines is 1. The van der Waals surface area contributed by atoms with Crippen molar-refractivity contribution in [3.63, 3.8) is 0 Å². The molecule has 0 saturated carbocycles. The van der Waals surface area contributed by atoms with Gasteiger partial charge in [-0.05, 0) is 47.9 Å². The molecule has 166 valence electrons. The molecule has 2 aromatic rings. The summed E-state index contributed by atoms with van der Waals surface area (Å²) in [5.41, 5.74) is 4.25. The van der Waals surface area contributed by atoms with E-state index in [1.807, 2.05) is 49.5 Å². The normalized spacial score (nSPS) is 15.8. The molecule has 0 aliphatic carbocycles. The average molecular weight is 432 g/mol. The summed E-state index contributed by atoms with van der Waals surface area (Å²) in [6.07, 6.45) is 4.08. The van der Waals surface area contributed by atoms with Gasteiger partial charge in [-0.25, -0.2) is 0 Å². The third kappa shape index (κ3) is 4.47. The van der Waals surface area contributed by atoms with E-state index in [4.69, 9.17) is 9.47 Å². The van der Waals surface area contributed by atoms with Crippen molar-refractivity contribution in [2.24, 2.45) is 0 Å². The van der Waals surface area contributed by atoms with E-state index in [0.717, 1.165) is 16.9 Å². The van der Waals surface area contributed by atoms with Crippen molar-refractivity contribution >= 4 is 11.6 Å². The van der Waals surface area contributed by atoms with Gasteiger partial charge in [-0.1, -0.05) is 38.1 Å². The Bertz CT molecular complexity index is 1110. The zero-order valence-electron chi connectivity index (χ0n) is 19.2. The second-order valence-electron chi connectivity index (χ2n) is 8.14. The molecule has 1 aliphatic heterocycles. The van der Waals surface area contributed by atoms with Gasteiger partial charge >= 0.3 is 0 Å². The van der Waals surface area contributed by atoms with Crippen LogP contribution in [-0.2, 0) is 16.6 Å². The summed E-state index contributed by atoms with van der Waals surface area (Å²) in [7, 11) is 5.18. The maximum absolute atomic E-state index is 12.6. The zero-order valence-corrected chi connectivity index (χ0v) is 19.2. The number of likely N-dealkylation sites (N-methyl/N-ethyl adjacent to an activating group) is 1. The molecule has 1 amide bonds. The van der Waals surface area contributed by atoms with E-state index < -0.39 is 0 Å². The summed E-state index contributed by atoms with van der Waals surface area (Å²) in [5, 5.41) is 12.4. The van der Waals surface area contributed by atoms with Crippen LogP contribution in [-0.4, -0.2) is 33.7 Å². The summed E-state index contributed by atoms with van der Waals surface area (Å²) in [4.78, 5) is 14.7. The van der Waals surface area contributed by atoms with Crippen molar-refractivity contribution in [2.75, 3.05) is 32.7 Å². The Morgan fingerprint density at radius 1 is 1.16 bits per heavy atom. The maximum atomic E-state index is 12.6. The first-order valence-corrected chi connectivity index (χ1v) is 10.5. The van der Waals surface area contributed by atoms with Gasteiger partial charge in [0.15, 0.2) is 11.5 Å². The minimum absolute atomic E-state index is 0.0740. The largest absolute Gasteiger partial charge is 0.493 e. The lowest BCUT2D eigenvalue weighted by atomic mass is 9.83. The second-order valence-corrected chi connectivity index (χ2v) is 8.14. The number of methoxy groups -OCH3 is 2. The van der Waals surface area contributed by atoms with Crippen LogP contribution in [0.2, 0.25) is 0 Å². The Balaban J connectivity index is 1.68. The second kappa shape index (κ2) is 9.61. The number of nitriles is 1. The van der Waals surface area contributed by atoms with Gasteiger partial charge in [-0.15, -0.1) is 0 Å². The molecule has 1 heterocycles. The molecular weight excluding hydrogens is 402 g/mol. The molecule has 0 radical (unpaired) electrons. The van der Waals surface area contributed by atoms with E-state index in [1.54, 1.807) is 20.3 Å². The third-order valence-corrected chi connectivity index (χ3v) is 5.86. The van der Waals surface area contributed by atoms with Gasteiger partial charge in [-0.3, -0.25) is 4.79 Å². The highest BCUT2D eigenvalue weighted by molar-refractivity contribution is 5.97. The van der Waals surface area contributed by atoms with Gasteiger partial charge in [0, 0.05) is 30.4 Å². The van der Waals surface area contributed by atoms with E-state index in [2.05, 4.69) is 36.2 Å². The topological polar surface area (TPSA) is 74.6 Å². The number of amides is 1. The molecule has 1 aliphatic rings. The van der Waals surface area contributed by atoms with Gasteiger partial charge in [-0.2, -0.15) is 5.26 Å². The number of hydrogen-bond acceptors (Lipinski definition) is 5. The summed E-state index contributed by atoms with van der Waals surface area (Å²) in [5.74, 6) is 0.913. The Morgan fingerprint density at radius 3 is 2.53 bits per heavy atom. The Morgan fingerprint density at radius 2 is 1.88 bits per heavy atom. The van der Waals surface area contributed by atoms with Crippen LogP contribution in [0, 0.1) is 11.3 Å². The smallest absolute Gasteiger partial charge is 0.261 e. The van der Waals surface area contributed by atoms with Crippen molar-refractivity contribution in [2.45, 2.75) is 25.7 Å². The summed E-state index contributed by atoms with van der Waals surface area (Å²) < 4.78 is 10.6. The van der Waals surface area contributed by atoms with E-state index in [0.29, 0.717) is 24.5 Å². The van der Waals surface area contributed by atoms with E-state index in [-0.39, 0.29) is 16.9 Å². The number of hydrogen-bond donors (Lipinski definition) is 1. The zero-order chi connectivity index (χ0) is 23.3. The highest BCUT2D eigenvalue weighted by Gasteiger charge is 2.37. The molecule has 2 aromatic carbocycles. The van der Waals surface area contributed by atoms with Crippen LogP contribution < -0.4 is 19.7 Å². The maximum Gasteiger partial charge on any atom is 0.261 e. The number of nitrogens with one attached hydrogen (secondary N) is 1. The van der Waals surface area contributed by atoms with Crippen molar-refractivity contribution < 1.29 is 14.3 Å². The Labute approximate surface area is 189 Å². The van der Waals surface area contributed by atoms with Gasteiger partial charge in [0.25, 0.3) is 5.91 Å². The Kier molecular flexibility index (Phi) is 6.89. The van der Waals surface area contributed by atoms with Crippen molar-refractivity contribution in [1.82, 2.24) is 5.32 Å². The van der Waals surface area contributed by atoms with Crippen molar-refractivity contribution in [1.29, 1.82) is 5.26 Å². The number of para-hydroxylation sites is 1. The molecule has 3 rings (SSSR count). The fraction of sp³-hybridized carbons (Fsp3) is 0.308. The minimum Gasteiger partial charge on any atom is -0.493 e.